The molecule has 0 aromatic rings. The van der Waals surface area contributed by atoms with Crippen molar-refractivity contribution < 1.29 is 24.9 Å². The van der Waals surface area contributed by atoms with E-state index in [0.29, 0.717) is 19.3 Å². The van der Waals surface area contributed by atoms with Gasteiger partial charge in [0.05, 0.1) is 23.0 Å². The molecule has 4 aliphatic rings. The molecular weight excluding hydrogens is 320 g/mol. The molecule has 1 spiro atoms. The number of rotatable bonds is 1. The number of aliphatic carboxylic acids is 1. The maximum absolute atomic E-state index is 12.7. The topological polar surface area (TPSA) is 94.8 Å². The van der Waals surface area contributed by atoms with Gasteiger partial charge in [-0.15, -0.1) is 0 Å². The van der Waals surface area contributed by atoms with Crippen molar-refractivity contribution in [3.8, 4) is 0 Å². The number of carboxylic acid groups (broad SMARTS) is 1. The summed E-state index contributed by atoms with van der Waals surface area (Å²) in [5, 5.41) is 31.8. The van der Waals surface area contributed by atoms with E-state index in [2.05, 4.69) is 6.92 Å². The summed E-state index contributed by atoms with van der Waals surface area (Å²) in [6.07, 6.45) is 2.98. The van der Waals surface area contributed by atoms with Crippen LogP contribution in [-0.4, -0.2) is 39.3 Å². The average molecular weight is 350 g/mol. The van der Waals surface area contributed by atoms with Crippen molar-refractivity contribution in [3.05, 3.63) is 0 Å². The Labute approximate surface area is 148 Å². The van der Waals surface area contributed by atoms with E-state index in [0.717, 1.165) is 25.7 Å². The van der Waals surface area contributed by atoms with Crippen molar-refractivity contribution in [1.82, 2.24) is 0 Å². The first-order chi connectivity index (χ1) is 11.5. The van der Waals surface area contributed by atoms with Gasteiger partial charge in [0.15, 0.2) is 0 Å². The molecule has 0 saturated heterocycles. The molecule has 8 atom stereocenters. The van der Waals surface area contributed by atoms with Gasteiger partial charge in [-0.1, -0.05) is 20.3 Å². The van der Waals surface area contributed by atoms with Gasteiger partial charge >= 0.3 is 5.97 Å². The molecule has 2 bridgehead atoms. The predicted molar refractivity (Wildman–Crippen MR) is 90.7 cm³/mol. The zero-order valence-corrected chi connectivity index (χ0v) is 15.4. The minimum absolute atomic E-state index is 0.0243. The lowest BCUT2D eigenvalue weighted by Crippen LogP contribution is -2.65. The number of aliphatic hydroxyl groups excluding tert-OH is 2. The SMILES string of the molecule is C[C@@]1(C(=O)O)CCC[C@]2(C)C1CC[C@]13CC(=O)[C@](C)(C1)[C@H](O)[C@H](O)[C@H]32. The van der Waals surface area contributed by atoms with Crippen molar-refractivity contribution >= 4 is 11.8 Å². The first kappa shape index (κ1) is 17.5. The lowest BCUT2D eigenvalue weighted by molar-refractivity contribution is -0.229. The van der Waals surface area contributed by atoms with E-state index < -0.39 is 29.0 Å². The van der Waals surface area contributed by atoms with Gasteiger partial charge in [0, 0.05) is 6.42 Å². The number of fused-ring (bicyclic) bond motifs is 3. The smallest absolute Gasteiger partial charge is 0.309 e. The Kier molecular flexibility index (Phi) is 3.40. The second kappa shape index (κ2) is 4.86. The van der Waals surface area contributed by atoms with E-state index in [1.165, 1.54) is 0 Å². The minimum atomic E-state index is -1.05. The van der Waals surface area contributed by atoms with Crippen LogP contribution in [0.15, 0.2) is 0 Å². The van der Waals surface area contributed by atoms with Crippen molar-refractivity contribution in [3.63, 3.8) is 0 Å². The number of hydrogen-bond donors (Lipinski definition) is 3. The monoisotopic (exact) mass is 350 g/mol. The summed E-state index contributed by atoms with van der Waals surface area (Å²) in [6, 6.07) is 0. The summed E-state index contributed by atoms with van der Waals surface area (Å²) in [5.41, 5.74) is -2.25. The minimum Gasteiger partial charge on any atom is -0.481 e. The van der Waals surface area contributed by atoms with Crippen LogP contribution < -0.4 is 0 Å². The summed E-state index contributed by atoms with van der Waals surface area (Å²) < 4.78 is 0. The Hall–Kier alpha value is -0.940. The third-order valence-electron chi connectivity index (χ3n) is 8.95. The normalized spacial score (nSPS) is 57.7. The molecular formula is C20H30O5. The Balaban J connectivity index is 1.83. The standard InChI is InChI=1S/C20H30O5/c1-17-6-4-7-18(2,16(24)25)11(17)5-8-20-9-12(21)19(3,10-20)15(23)13(22)14(17)20/h11,13-15,22-23H,4-10H2,1-3H3,(H,24,25)/t11?,13-,14+,15-,17-,18-,19+,20+/m1/s1. The number of ketones is 1. The molecule has 0 aromatic carbocycles. The van der Waals surface area contributed by atoms with Gasteiger partial charge in [-0.3, -0.25) is 9.59 Å². The maximum atomic E-state index is 12.7. The largest absolute Gasteiger partial charge is 0.481 e. The first-order valence-corrected chi connectivity index (χ1v) is 9.64. The fourth-order valence-corrected chi connectivity index (χ4v) is 7.87. The summed E-state index contributed by atoms with van der Waals surface area (Å²) in [7, 11) is 0. The lowest BCUT2D eigenvalue weighted by Gasteiger charge is -2.65. The van der Waals surface area contributed by atoms with Crippen LogP contribution in [0, 0.1) is 33.5 Å². The van der Waals surface area contributed by atoms with Gasteiger partial charge < -0.3 is 15.3 Å². The fourth-order valence-electron chi connectivity index (χ4n) is 7.87. The lowest BCUT2D eigenvalue weighted by atomic mass is 9.39. The third kappa shape index (κ3) is 1.86. The molecule has 4 saturated carbocycles. The van der Waals surface area contributed by atoms with Gasteiger partial charge in [0.25, 0.3) is 0 Å². The zero-order chi connectivity index (χ0) is 18.4. The zero-order valence-electron chi connectivity index (χ0n) is 15.4. The van der Waals surface area contributed by atoms with Crippen molar-refractivity contribution in [1.29, 1.82) is 0 Å². The number of aliphatic hydroxyl groups is 2. The van der Waals surface area contributed by atoms with Gasteiger partial charge in [-0.2, -0.15) is 0 Å². The average Bonchev–Trinajstić information content (AvgIpc) is 2.74. The van der Waals surface area contributed by atoms with Gasteiger partial charge in [0.2, 0.25) is 0 Å². The highest BCUT2D eigenvalue weighted by atomic mass is 16.4. The molecule has 1 unspecified atom stereocenters. The van der Waals surface area contributed by atoms with E-state index in [1.807, 2.05) is 6.92 Å². The van der Waals surface area contributed by atoms with Crippen LogP contribution in [0.5, 0.6) is 0 Å². The van der Waals surface area contributed by atoms with E-state index in [9.17, 15) is 24.9 Å². The summed E-state index contributed by atoms with van der Waals surface area (Å²) in [5.74, 6) is -0.908. The van der Waals surface area contributed by atoms with Gasteiger partial charge in [0.1, 0.15) is 5.78 Å². The number of carboxylic acids is 1. The number of hydrogen-bond acceptors (Lipinski definition) is 4. The molecule has 3 N–H and O–H groups in total. The molecule has 5 nitrogen and oxygen atoms in total. The van der Waals surface area contributed by atoms with E-state index in [4.69, 9.17) is 0 Å². The molecule has 0 aliphatic heterocycles. The van der Waals surface area contributed by atoms with Crippen LogP contribution in [0.2, 0.25) is 0 Å². The molecule has 0 amide bonds. The van der Waals surface area contributed by atoms with E-state index in [1.54, 1.807) is 6.92 Å². The van der Waals surface area contributed by atoms with Crippen LogP contribution in [-0.2, 0) is 9.59 Å². The second-order valence-electron chi connectivity index (χ2n) is 10.1. The number of carbonyl (C=O) groups is 2. The molecule has 4 aliphatic carbocycles. The van der Waals surface area contributed by atoms with Crippen LogP contribution in [0.1, 0.15) is 65.7 Å². The Morgan fingerprint density at radius 2 is 1.80 bits per heavy atom. The molecule has 25 heavy (non-hydrogen) atoms. The third-order valence-corrected chi connectivity index (χ3v) is 8.95. The Morgan fingerprint density at radius 3 is 2.44 bits per heavy atom. The van der Waals surface area contributed by atoms with Crippen LogP contribution in [0.25, 0.3) is 0 Å². The molecule has 4 rings (SSSR count). The molecule has 0 aromatic heterocycles. The van der Waals surface area contributed by atoms with Crippen LogP contribution in [0.4, 0.5) is 0 Å². The Bertz CT molecular complexity index is 646. The number of carbonyl (C=O) groups excluding carboxylic acids is 1. The van der Waals surface area contributed by atoms with Gasteiger partial charge in [-0.25, -0.2) is 0 Å². The highest BCUT2D eigenvalue weighted by Gasteiger charge is 2.73. The highest BCUT2D eigenvalue weighted by molar-refractivity contribution is 5.89. The number of Topliss-reactive ketones (excluding diaryl/α,β-unsaturated/α-hetero) is 1. The fraction of sp³-hybridized carbons (Fsp3) is 0.900. The maximum Gasteiger partial charge on any atom is 0.309 e. The Morgan fingerprint density at radius 1 is 1.12 bits per heavy atom. The van der Waals surface area contributed by atoms with E-state index in [-0.39, 0.29) is 28.4 Å². The van der Waals surface area contributed by atoms with Gasteiger partial charge in [-0.05, 0) is 61.7 Å². The molecule has 140 valence electrons. The molecule has 4 fully saturated rings. The molecule has 0 radical (unpaired) electrons. The highest BCUT2D eigenvalue weighted by Crippen LogP contribution is 2.72. The van der Waals surface area contributed by atoms with Crippen molar-refractivity contribution in [2.24, 2.45) is 33.5 Å². The summed E-state index contributed by atoms with van der Waals surface area (Å²) in [4.78, 5) is 24.8. The van der Waals surface area contributed by atoms with Crippen LogP contribution in [0.3, 0.4) is 0 Å². The summed E-state index contributed by atoms with van der Waals surface area (Å²) >= 11 is 0. The predicted octanol–water partition coefficient (Wildman–Crippen LogP) is 2.38. The molecule has 5 heteroatoms. The van der Waals surface area contributed by atoms with E-state index >= 15 is 0 Å². The van der Waals surface area contributed by atoms with Crippen LogP contribution >= 0.6 is 0 Å². The van der Waals surface area contributed by atoms with Crippen molar-refractivity contribution in [2.45, 2.75) is 77.9 Å². The second-order valence-corrected chi connectivity index (χ2v) is 10.1. The quantitative estimate of drug-likeness (QED) is 0.675. The molecule has 0 heterocycles. The summed E-state index contributed by atoms with van der Waals surface area (Å²) in [6.45, 7) is 5.76. The van der Waals surface area contributed by atoms with Crippen molar-refractivity contribution in [2.75, 3.05) is 0 Å². The first-order valence-electron chi connectivity index (χ1n) is 9.64.